The molecule has 1 unspecified atom stereocenters. The third kappa shape index (κ3) is 3.20. The Hall–Kier alpha value is -2.36. The minimum atomic E-state index is 0.104. The number of rotatable bonds is 6. The summed E-state index contributed by atoms with van der Waals surface area (Å²) in [6, 6.07) is 10.2. The highest BCUT2D eigenvalue weighted by molar-refractivity contribution is 5.96. The predicted octanol–water partition coefficient (Wildman–Crippen LogP) is 4.34. The Morgan fingerprint density at radius 1 is 1.23 bits per heavy atom. The van der Waals surface area contributed by atoms with Crippen LogP contribution < -0.4 is 4.74 Å². The van der Waals surface area contributed by atoms with Crippen molar-refractivity contribution in [3.05, 3.63) is 58.9 Å². The van der Waals surface area contributed by atoms with Crippen LogP contribution in [0.1, 0.15) is 65.8 Å². The summed E-state index contributed by atoms with van der Waals surface area (Å²) in [5.41, 5.74) is 4.24. The van der Waals surface area contributed by atoms with Crippen molar-refractivity contribution >= 4 is 5.91 Å². The van der Waals surface area contributed by atoms with E-state index in [1.54, 1.807) is 6.20 Å². The largest absolute Gasteiger partial charge is 0.494 e. The summed E-state index contributed by atoms with van der Waals surface area (Å²) in [5, 5.41) is 0. The standard InChI is InChI=1S/C22H26N2O2/c1-2-3-4-5-13-26-17-8-9-18-16(14-17)10-12-24-21(18)15-20-19(22(24)25)7-6-11-23-20/h6-9,11,14,21H,2-5,10,12-13,15H2,1H3. The molecule has 1 atom stereocenters. The molecule has 26 heavy (non-hydrogen) atoms. The van der Waals surface area contributed by atoms with Gasteiger partial charge in [0.05, 0.1) is 23.9 Å². The van der Waals surface area contributed by atoms with Gasteiger partial charge in [-0.2, -0.15) is 0 Å². The second-order valence-electron chi connectivity index (χ2n) is 7.24. The summed E-state index contributed by atoms with van der Waals surface area (Å²) < 4.78 is 5.94. The first-order chi connectivity index (χ1) is 12.8. The number of ether oxygens (including phenoxy) is 1. The second-order valence-corrected chi connectivity index (χ2v) is 7.24. The highest BCUT2D eigenvalue weighted by Crippen LogP contribution is 2.38. The number of fused-ring (bicyclic) bond motifs is 4. The lowest BCUT2D eigenvalue weighted by molar-refractivity contribution is 0.0628. The smallest absolute Gasteiger partial charge is 0.256 e. The van der Waals surface area contributed by atoms with E-state index in [-0.39, 0.29) is 11.9 Å². The van der Waals surface area contributed by atoms with Gasteiger partial charge in [-0.25, -0.2) is 0 Å². The maximum absolute atomic E-state index is 12.8. The number of carbonyl (C=O) groups excluding carboxylic acids is 1. The van der Waals surface area contributed by atoms with Crippen LogP contribution in [0.25, 0.3) is 0 Å². The van der Waals surface area contributed by atoms with E-state index in [1.807, 2.05) is 17.0 Å². The molecule has 2 aliphatic heterocycles. The van der Waals surface area contributed by atoms with E-state index >= 15 is 0 Å². The number of carbonyl (C=O) groups is 1. The Kier molecular flexibility index (Phi) is 4.91. The number of hydrogen-bond acceptors (Lipinski definition) is 3. The summed E-state index contributed by atoms with van der Waals surface area (Å²) in [4.78, 5) is 19.3. The van der Waals surface area contributed by atoms with Gasteiger partial charge in [-0.15, -0.1) is 0 Å². The van der Waals surface area contributed by atoms with Crippen LogP contribution >= 0.6 is 0 Å². The molecule has 4 nitrogen and oxygen atoms in total. The van der Waals surface area contributed by atoms with Gasteiger partial charge in [0, 0.05) is 19.2 Å². The van der Waals surface area contributed by atoms with E-state index in [2.05, 4.69) is 30.1 Å². The molecule has 2 aromatic rings. The number of pyridine rings is 1. The lowest BCUT2D eigenvalue weighted by atomic mass is 9.85. The molecule has 0 saturated carbocycles. The van der Waals surface area contributed by atoms with E-state index in [9.17, 15) is 4.79 Å². The monoisotopic (exact) mass is 350 g/mol. The van der Waals surface area contributed by atoms with Crippen LogP contribution in [-0.4, -0.2) is 28.9 Å². The van der Waals surface area contributed by atoms with E-state index in [0.29, 0.717) is 0 Å². The molecule has 136 valence electrons. The molecule has 0 spiro atoms. The van der Waals surface area contributed by atoms with Crippen LogP contribution in [0.3, 0.4) is 0 Å². The van der Waals surface area contributed by atoms with Crippen LogP contribution in [-0.2, 0) is 12.8 Å². The number of unbranched alkanes of at least 4 members (excludes halogenated alkanes) is 3. The SMILES string of the molecule is CCCCCCOc1ccc2c(c1)CCN1C(=O)c3cccnc3CC21. The Bertz CT molecular complexity index is 802. The van der Waals surface area contributed by atoms with Crippen molar-refractivity contribution in [3.8, 4) is 5.75 Å². The van der Waals surface area contributed by atoms with E-state index in [0.717, 1.165) is 49.4 Å². The lowest BCUT2D eigenvalue weighted by Gasteiger charge is -2.40. The molecule has 0 saturated heterocycles. The fraction of sp³-hybridized carbons (Fsp3) is 0.455. The fourth-order valence-electron chi connectivity index (χ4n) is 4.09. The van der Waals surface area contributed by atoms with E-state index in [4.69, 9.17) is 4.74 Å². The van der Waals surface area contributed by atoms with Gasteiger partial charge >= 0.3 is 0 Å². The number of aromatic nitrogens is 1. The summed E-state index contributed by atoms with van der Waals surface area (Å²) in [5.74, 6) is 1.07. The van der Waals surface area contributed by atoms with Crippen LogP contribution in [0.4, 0.5) is 0 Å². The average Bonchev–Trinajstić information content (AvgIpc) is 2.68. The maximum Gasteiger partial charge on any atom is 0.256 e. The van der Waals surface area contributed by atoms with Crippen molar-refractivity contribution in [2.75, 3.05) is 13.2 Å². The normalized spacial score (nSPS) is 18.1. The van der Waals surface area contributed by atoms with Gasteiger partial charge < -0.3 is 9.64 Å². The van der Waals surface area contributed by atoms with Crippen molar-refractivity contribution in [3.63, 3.8) is 0 Å². The lowest BCUT2D eigenvalue weighted by Crippen LogP contribution is -2.44. The van der Waals surface area contributed by atoms with Gasteiger partial charge in [0.15, 0.2) is 0 Å². The third-order valence-corrected chi connectivity index (χ3v) is 5.51. The summed E-state index contributed by atoms with van der Waals surface area (Å²) in [6.45, 7) is 3.77. The molecule has 0 fully saturated rings. The zero-order valence-electron chi connectivity index (χ0n) is 15.4. The Labute approximate surface area is 155 Å². The van der Waals surface area contributed by atoms with E-state index in [1.165, 1.54) is 30.4 Å². The van der Waals surface area contributed by atoms with Gasteiger partial charge in [0.1, 0.15) is 5.75 Å². The molecule has 1 amide bonds. The molecule has 0 bridgehead atoms. The Morgan fingerprint density at radius 3 is 3.04 bits per heavy atom. The van der Waals surface area contributed by atoms with Gasteiger partial charge in [0.2, 0.25) is 0 Å². The molecule has 4 rings (SSSR count). The maximum atomic E-state index is 12.8. The van der Waals surface area contributed by atoms with Gasteiger partial charge in [0.25, 0.3) is 5.91 Å². The molecule has 4 heteroatoms. The minimum absolute atomic E-state index is 0.104. The van der Waals surface area contributed by atoms with Crippen molar-refractivity contribution in [1.29, 1.82) is 0 Å². The molecular formula is C22H26N2O2. The van der Waals surface area contributed by atoms with Crippen LogP contribution in [0.15, 0.2) is 36.5 Å². The zero-order chi connectivity index (χ0) is 17.9. The molecule has 2 aliphatic rings. The van der Waals surface area contributed by atoms with Crippen LogP contribution in [0.2, 0.25) is 0 Å². The minimum Gasteiger partial charge on any atom is -0.494 e. The van der Waals surface area contributed by atoms with Crippen molar-refractivity contribution in [2.24, 2.45) is 0 Å². The van der Waals surface area contributed by atoms with Gasteiger partial charge in [-0.3, -0.25) is 9.78 Å². The van der Waals surface area contributed by atoms with E-state index < -0.39 is 0 Å². The van der Waals surface area contributed by atoms with Crippen molar-refractivity contribution in [1.82, 2.24) is 9.88 Å². The number of nitrogens with zero attached hydrogens (tertiary/aromatic N) is 2. The number of amides is 1. The molecular weight excluding hydrogens is 324 g/mol. The van der Waals surface area contributed by atoms with Crippen LogP contribution in [0.5, 0.6) is 5.75 Å². The summed E-state index contributed by atoms with van der Waals surface area (Å²) in [7, 11) is 0. The highest BCUT2D eigenvalue weighted by Gasteiger charge is 2.37. The summed E-state index contributed by atoms with van der Waals surface area (Å²) >= 11 is 0. The van der Waals surface area contributed by atoms with Crippen LogP contribution in [0, 0.1) is 0 Å². The molecule has 1 aromatic carbocycles. The molecule has 0 radical (unpaired) electrons. The molecule has 0 aliphatic carbocycles. The third-order valence-electron chi connectivity index (χ3n) is 5.51. The Morgan fingerprint density at radius 2 is 2.15 bits per heavy atom. The highest BCUT2D eigenvalue weighted by atomic mass is 16.5. The second kappa shape index (κ2) is 7.48. The van der Waals surface area contributed by atoms with Crippen molar-refractivity contribution in [2.45, 2.75) is 51.5 Å². The fourth-order valence-corrected chi connectivity index (χ4v) is 4.09. The molecule has 0 N–H and O–H groups in total. The zero-order valence-corrected chi connectivity index (χ0v) is 15.4. The average molecular weight is 350 g/mol. The first-order valence-electron chi connectivity index (χ1n) is 9.78. The van der Waals surface area contributed by atoms with Gasteiger partial charge in [-0.05, 0) is 48.2 Å². The first-order valence-corrected chi connectivity index (χ1v) is 9.78. The van der Waals surface area contributed by atoms with Gasteiger partial charge in [-0.1, -0.05) is 32.3 Å². The Balaban J connectivity index is 1.51. The number of benzene rings is 1. The molecule has 3 heterocycles. The number of hydrogen-bond donors (Lipinski definition) is 0. The summed E-state index contributed by atoms with van der Waals surface area (Å²) in [6.07, 6.45) is 8.32. The topological polar surface area (TPSA) is 42.4 Å². The van der Waals surface area contributed by atoms with Crippen molar-refractivity contribution < 1.29 is 9.53 Å². The first kappa shape index (κ1) is 17.1. The predicted molar refractivity (Wildman–Crippen MR) is 102 cm³/mol. The molecule has 1 aromatic heterocycles. The quantitative estimate of drug-likeness (QED) is 0.728.